The van der Waals surface area contributed by atoms with Crippen molar-refractivity contribution in [2.45, 2.75) is 30.9 Å². The Hall–Kier alpha value is -0.870. The maximum Gasteiger partial charge on any atom is 0.128 e. The van der Waals surface area contributed by atoms with E-state index in [0.29, 0.717) is 0 Å². The SMILES string of the molecule is COc1ccc2c(c1)OC1(CCCSC1)CC2N. The molecule has 1 spiro atoms. The van der Waals surface area contributed by atoms with Crippen LogP contribution in [0.1, 0.15) is 30.9 Å². The van der Waals surface area contributed by atoms with E-state index >= 15 is 0 Å². The lowest BCUT2D eigenvalue weighted by atomic mass is 9.85. The highest BCUT2D eigenvalue weighted by Crippen LogP contribution is 2.45. The average Bonchev–Trinajstić information content (AvgIpc) is 2.38. The molecule has 1 saturated heterocycles. The van der Waals surface area contributed by atoms with Crippen molar-refractivity contribution >= 4 is 11.8 Å². The van der Waals surface area contributed by atoms with Gasteiger partial charge in [-0.25, -0.2) is 0 Å². The van der Waals surface area contributed by atoms with Gasteiger partial charge < -0.3 is 15.2 Å². The molecule has 0 aliphatic carbocycles. The monoisotopic (exact) mass is 265 g/mol. The predicted molar refractivity (Wildman–Crippen MR) is 74.5 cm³/mol. The highest BCUT2D eigenvalue weighted by Gasteiger charge is 2.41. The van der Waals surface area contributed by atoms with Gasteiger partial charge in [0.05, 0.1) is 7.11 Å². The number of ether oxygens (including phenoxy) is 2. The fourth-order valence-electron chi connectivity index (χ4n) is 2.89. The van der Waals surface area contributed by atoms with Gasteiger partial charge in [-0.3, -0.25) is 0 Å². The van der Waals surface area contributed by atoms with Gasteiger partial charge in [0.2, 0.25) is 0 Å². The third-order valence-corrected chi connectivity index (χ3v) is 5.13. The summed E-state index contributed by atoms with van der Waals surface area (Å²) in [6.45, 7) is 0. The predicted octanol–water partition coefficient (Wildman–Crippen LogP) is 2.74. The molecule has 3 rings (SSSR count). The summed E-state index contributed by atoms with van der Waals surface area (Å²) in [5.74, 6) is 4.04. The largest absolute Gasteiger partial charge is 0.497 e. The molecule has 3 nitrogen and oxygen atoms in total. The molecule has 98 valence electrons. The molecular formula is C14H19NO2S. The molecule has 0 aromatic heterocycles. The summed E-state index contributed by atoms with van der Waals surface area (Å²) in [4.78, 5) is 0. The normalized spacial score (nSPS) is 30.7. The molecule has 1 aromatic carbocycles. The Morgan fingerprint density at radius 1 is 1.50 bits per heavy atom. The van der Waals surface area contributed by atoms with E-state index in [1.54, 1.807) is 7.11 Å². The fraction of sp³-hybridized carbons (Fsp3) is 0.571. The summed E-state index contributed by atoms with van der Waals surface area (Å²) < 4.78 is 11.6. The number of benzene rings is 1. The first-order valence-electron chi connectivity index (χ1n) is 6.43. The molecule has 2 aliphatic heterocycles. The second kappa shape index (κ2) is 4.67. The molecule has 4 heteroatoms. The highest BCUT2D eigenvalue weighted by atomic mass is 32.2. The molecule has 1 aromatic rings. The number of fused-ring (bicyclic) bond motifs is 1. The lowest BCUT2D eigenvalue weighted by molar-refractivity contribution is 0.0469. The zero-order valence-corrected chi connectivity index (χ0v) is 11.5. The van der Waals surface area contributed by atoms with Crippen molar-refractivity contribution in [2.24, 2.45) is 5.73 Å². The van der Waals surface area contributed by atoms with E-state index in [2.05, 4.69) is 0 Å². The summed E-state index contributed by atoms with van der Waals surface area (Å²) >= 11 is 1.98. The van der Waals surface area contributed by atoms with Gasteiger partial charge in [-0.15, -0.1) is 0 Å². The van der Waals surface area contributed by atoms with Crippen LogP contribution >= 0.6 is 11.8 Å². The van der Waals surface area contributed by atoms with Crippen LogP contribution in [0.4, 0.5) is 0 Å². The quantitative estimate of drug-likeness (QED) is 0.848. The van der Waals surface area contributed by atoms with Crippen LogP contribution in [0.15, 0.2) is 18.2 Å². The van der Waals surface area contributed by atoms with Crippen molar-refractivity contribution < 1.29 is 9.47 Å². The van der Waals surface area contributed by atoms with Gasteiger partial charge in [-0.2, -0.15) is 11.8 Å². The van der Waals surface area contributed by atoms with E-state index in [1.165, 1.54) is 12.2 Å². The van der Waals surface area contributed by atoms with E-state index in [9.17, 15) is 0 Å². The molecule has 2 atom stereocenters. The Labute approximate surface area is 112 Å². The second-order valence-electron chi connectivity index (χ2n) is 5.16. The zero-order chi connectivity index (χ0) is 12.6. The number of rotatable bonds is 1. The van der Waals surface area contributed by atoms with Crippen LogP contribution in [0.3, 0.4) is 0 Å². The summed E-state index contributed by atoms with van der Waals surface area (Å²) in [6, 6.07) is 6.03. The topological polar surface area (TPSA) is 44.5 Å². The number of thioether (sulfide) groups is 1. The Bertz CT molecular complexity index is 443. The minimum atomic E-state index is -0.0539. The van der Waals surface area contributed by atoms with Gasteiger partial charge in [0.15, 0.2) is 0 Å². The van der Waals surface area contributed by atoms with Crippen molar-refractivity contribution in [3.8, 4) is 11.5 Å². The van der Waals surface area contributed by atoms with Crippen LogP contribution < -0.4 is 15.2 Å². The minimum absolute atomic E-state index is 0.0539. The molecule has 0 bridgehead atoms. The molecule has 18 heavy (non-hydrogen) atoms. The maximum absolute atomic E-state index is 6.31. The molecule has 2 heterocycles. The van der Waals surface area contributed by atoms with Crippen molar-refractivity contribution in [1.29, 1.82) is 0 Å². The van der Waals surface area contributed by atoms with Crippen molar-refractivity contribution in [3.05, 3.63) is 23.8 Å². The molecule has 2 N–H and O–H groups in total. The lowest BCUT2D eigenvalue weighted by Crippen LogP contribution is -2.46. The maximum atomic E-state index is 6.31. The Morgan fingerprint density at radius 3 is 3.11 bits per heavy atom. The van der Waals surface area contributed by atoms with Gasteiger partial charge in [0.25, 0.3) is 0 Å². The van der Waals surface area contributed by atoms with Gasteiger partial charge in [0, 0.05) is 29.8 Å². The Morgan fingerprint density at radius 2 is 2.39 bits per heavy atom. The average molecular weight is 265 g/mol. The van der Waals surface area contributed by atoms with Crippen molar-refractivity contribution in [3.63, 3.8) is 0 Å². The molecule has 0 amide bonds. The Kier molecular flexibility index (Phi) is 3.16. The number of hydrogen-bond donors (Lipinski definition) is 1. The number of nitrogens with two attached hydrogens (primary N) is 1. The number of hydrogen-bond acceptors (Lipinski definition) is 4. The molecule has 0 saturated carbocycles. The van der Waals surface area contributed by atoms with Crippen LogP contribution in [0.25, 0.3) is 0 Å². The summed E-state index contributed by atoms with van der Waals surface area (Å²) in [7, 11) is 1.68. The van der Waals surface area contributed by atoms with E-state index in [-0.39, 0.29) is 11.6 Å². The van der Waals surface area contributed by atoms with Crippen LogP contribution in [0.5, 0.6) is 11.5 Å². The van der Waals surface area contributed by atoms with E-state index in [1.807, 2.05) is 30.0 Å². The van der Waals surface area contributed by atoms with Crippen molar-refractivity contribution in [1.82, 2.24) is 0 Å². The second-order valence-corrected chi connectivity index (χ2v) is 6.26. The lowest BCUT2D eigenvalue weighted by Gasteiger charge is -2.43. The first-order valence-corrected chi connectivity index (χ1v) is 7.58. The zero-order valence-electron chi connectivity index (χ0n) is 10.6. The smallest absolute Gasteiger partial charge is 0.128 e. The van der Waals surface area contributed by atoms with Gasteiger partial charge in [-0.05, 0) is 24.7 Å². The fourth-order valence-corrected chi connectivity index (χ4v) is 4.08. The first kappa shape index (κ1) is 12.2. The first-order chi connectivity index (χ1) is 8.72. The Balaban J connectivity index is 1.94. The third-order valence-electron chi connectivity index (χ3n) is 3.82. The number of methoxy groups -OCH3 is 1. The van der Waals surface area contributed by atoms with Crippen LogP contribution in [0.2, 0.25) is 0 Å². The van der Waals surface area contributed by atoms with Crippen LogP contribution in [0, 0.1) is 0 Å². The van der Waals surface area contributed by atoms with Crippen LogP contribution in [-0.2, 0) is 0 Å². The summed E-state index contributed by atoms with van der Waals surface area (Å²) in [5, 5.41) is 0. The standard InChI is InChI=1S/C14H19NO2S/c1-16-10-3-4-11-12(15)8-14(17-13(11)7-10)5-2-6-18-9-14/h3-4,7,12H,2,5-6,8-9,15H2,1H3. The molecule has 1 fully saturated rings. The molecular weight excluding hydrogens is 246 g/mol. The molecule has 2 aliphatic rings. The molecule has 2 unspecified atom stereocenters. The van der Waals surface area contributed by atoms with Gasteiger partial charge in [-0.1, -0.05) is 6.07 Å². The minimum Gasteiger partial charge on any atom is -0.497 e. The highest BCUT2D eigenvalue weighted by molar-refractivity contribution is 7.99. The molecule has 0 radical (unpaired) electrons. The van der Waals surface area contributed by atoms with Crippen LogP contribution in [-0.4, -0.2) is 24.2 Å². The van der Waals surface area contributed by atoms with Gasteiger partial charge in [0.1, 0.15) is 17.1 Å². The summed E-state index contributed by atoms with van der Waals surface area (Å²) in [6.07, 6.45) is 3.26. The van der Waals surface area contributed by atoms with Gasteiger partial charge >= 0.3 is 0 Å². The van der Waals surface area contributed by atoms with E-state index in [4.69, 9.17) is 15.2 Å². The van der Waals surface area contributed by atoms with E-state index < -0.39 is 0 Å². The third kappa shape index (κ3) is 2.08. The van der Waals surface area contributed by atoms with E-state index in [0.717, 1.165) is 35.7 Å². The van der Waals surface area contributed by atoms with Crippen molar-refractivity contribution in [2.75, 3.05) is 18.6 Å². The summed E-state index contributed by atoms with van der Waals surface area (Å²) in [5.41, 5.74) is 7.37.